The molecule has 0 saturated heterocycles. The Labute approximate surface area is 86.9 Å². The van der Waals surface area contributed by atoms with Crippen LogP contribution in [0.25, 0.3) is 0 Å². The highest BCUT2D eigenvalue weighted by molar-refractivity contribution is 5.92. The number of hydrogen-bond donors (Lipinski definition) is 2. The van der Waals surface area contributed by atoms with Crippen LogP contribution in [0.1, 0.15) is 13.3 Å². The fourth-order valence-electron chi connectivity index (χ4n) is 0.841. The second-order valence-corrected chi connectivity index (χ2v) is 2.62. The fraction of sp³-hybridized carbons (Fsp3) is 0.444. The third kappa shape index (κ3) is 5.45. The van der Waals surface area contributed by atoms with Crippen LogP contribution in [-0.4, -0.2) is 35.6 Å². The van der Waals surface area contributed by atoms with Crippen LogP contribution < -0.4 is 5.32 Å². The van der Waals surface area contributed by atoms with Crippen molar-refractivity contribution in [2.75, 3.05) is 6.61 Å². The number of rotatable bonds is 6. The fourth-order valence-corrected chi connectivity index (χ4v) is 0.841. The molecule has 84 valence electrons. The predicted octanol–water partition coefficient (Wildman–Crippen LogP) is -0.305. The Morgan fingerprint density at radius 2 is 2.13 bits per heavy atom. The van der Waals surface area contributed by atoms with Crippen LogP contribution in [0.2, 0.25) is 0 Å². The van der Waals surface area contributed by atoms with Gasteiger partial charge in [-0.3, -0.25) is 9.59 Å². The number of carbonyl (C=O) groups is 3. The summed E-state index contributed by atoms with van der Waals surface area (Å²) in [6, 6.07) is -1.17. The van der Waals surface area contributed by atoms with Crippen LogP contribution >= 0.6 is 0 Å². The van der Waals surface area contributed by atoms with Crippen molar-refractivity contribution in [2.24, 2.45) is 0 Å². The highest BCUT2D eigenvalue weighted by Gasteiger charge is 2.23. The first kappa shape index (κ1) is 13.2. The molecule has 0 rings (SSSR count). The molecule has 0 unspecified atom stereocenters. The molecule has 0 aliphatic carbocycles. The maximum absolute atomic E-state index is 11.2. The molecule has 0 saturated carbocycles. The van der Waals surface area contributed by atoms with E-state index in [4.69, 9.17) is 5.11 Å². The minimum atomic E-state index is -1.20. The van der Waals surface area contributed by atoms with Gasteiger partial charge in [-0.15, -0.1) is 0 Å². The SMILES string of the molecule is C=CC(=O)N[C@@H](CC(=O)O)C(=O)OCC. The van der Waals surface area contributed by atoms with Crippen LogP contribution in [0.5, 0.6) is 0 Å². The largest absolute Gasteiger partial charge is 0.481 e. The van der Waals surface area contributed by atoms with Crippen molar-refractivity contribution < 1.29 is 24.2 Å². The van der Waals surface area contributed by atoms with Gasteiger partial charge in [0.2, 0.25) is 5.91 Å². The highest BCUT2D eigenvalue weighted by Crippen LogP contribution is 1.96. The summed E-state index contributed by atoms with van der Waals surface area (Å²) in [4.78, 5) is 32.5. The molecule has 1 amide bonds. The maximum Gasteiger partial charge on any atom is 0.329 e. The number of amides is 1. The minimum Gasteiger partial charge on any atom is -0.481 e. The van der Waals surface area contributed by atoms with Gasteiger partial charge in [-0.1, -0.05) is 6.58 Å². The Morgan fingerprint density at radius 3 is 2.53 bits per heavy atom. The van der Waals surface area contributed by atoms with Gasteiger partial charge in [0.15, 0.2) is 0 Å². The zero-order chi connectivity index (χ0) is 11.8. The number of carboxylic acid groups (broad SMARTS) is 1. The molecule has 2 N–H and O–H groups in total. The topological polar surface area (TPSA) is 92.7 Å². The molecule has 1 atom stereocenters. The summed E-state index contributed by atoms with van der Waals surface area (Å²) in [5, 5.41) is 10.7. The van der Waals surface area contributed by atoms with Crippen molar-refractivity contribution in [3.63, 3.8) is 0 Å². The Balaban J connectivity index is 4.42. The van der Waals surface area contributed by atoms with E-state index in [1.54, 1.807) is 6.92 Å². The van der Waals surface area contributed by atoms with E-state index >= 15 is 0 Å². The number of carboxylic acids is 1. The van der Waals surface area contributed by atoms with Gasteiger partial charge in [-0.05, 0) is 13.0 Å². The summed E-state index contributed by atoms with van der Waals surface area (Å²) in [5.41, 5.74) is 0. The summed E-state index contributed by atoms with van der Waals surface area (Å²) < 4.78 is 4.60. The number of ether oxygens (including phenoxy) is 1. The molecule has 0 aliphatic rings. The third-order valence-corrected chi connectivity index (χ3v) is 1.45. The number of esters is 1. The molecule has 0 bridgehead atoms. The van der Waals surface area contributed by atoms with Crippen molar-refractivity contribution in [2.45, 2.75) is 19.4 Å². The summed E-state index contributed by atoms with van der Waals surface area (Å²) >= 11 is 0. The standard InChI is InChI=1S/C9H13NO5/c1-3-7(11)10-6(5-8(12)13)9(14)15-4-2/h3,6H,1,4-5H2,2H3,(H,10,11)(H,12,13)/t6-/m0/s1. The van der Waals surface area contributed by atoms with E-state index < -0.39 is 30.3 Å². The Bertz CT molecular complexity index is 274. The molecule has 6 heteroatoms. The minimum absolute atomic E-state index is 0.124. The molecule has 0 aliphatic heterocycles. The van der Waals surface area contributed by atoms with Crippen LogP contribution in [0, 0.1) is 0 Å². The number of nitrogens with one attached hydrogen (secondary N) is 1. The Hall–Kier alpha value is -1.85. The monoisotopic (exact) mass is 215 g/mol. The van der Waals surface area contributed by atoms with Gasteiger partial charge in [0.25, 0.3) is 0 Å². The number of hydrogen-bond acceptors (Lipinski definition) is 4. The highest BCUT2D eigenvalue weighted by atomic mass is 16.5. The second-order valence-electron chi connectivity index (χ2n) is 2.62. The van der Waals surface area contributed by atoms with E-state index in [0.29, 0.717) is 0 Å². The van der Waals surface area contributed by atoms with Crippen LogP contribution in [0.15, 0.2) is 12.7 Å². The maximum atomic E-state index is 11.2. The molecule has 0 radical (unpaired) electrons. The summed E-state index contributed by atoms with van der Waals surface area (Å²) in [6.07, 6.45) is 0.437. The van der Waals surface area contributed by atoms with E-state index in [1.807, 2.05) is 0 Å². The van der Waals surface area contributed by atoms with E-state index in [1.165, 1.54) is 0 Å². The molecule has 15 heavy (non-hydrogen) atoms. The average Bonchev–Trinajstić information content (AvgIpc) is 2.16. The van der Waals surface area contributed by atoms with Crippen molar-refractivity contribution in [3.8, 4) is 0 Å². The molecule has 0 aromatic rings. The molecule has 0 aromatic heterocycles. The first-order valence-electron chi connectivity index (χ1n) is 4.32. The molecular formula is C9H13NO5. The van der Waals surface area contributed by atoms with Gasteiger partial charge in [-0.2, -0.15) is 0 Å². The van der Waals surface area contributed by atoms with Gasteiger partial charge in [-0.25, -0.2) is 4.79 Å². The van der Waals surface area contributed by atoms with E-state index in [0.717, 1.165) is 6.08 Å². The number of carbonyl (C=O) groups excluding carboxylic acids is 2. The lowest BCUT2D eigenvalue weighted by atomic mass is 10.2. The zero-order valence-electron chi connectivity index (χ0n) is 8.36. The van der Waals surface area contributed by atoms with Crippen molar-refractivity contribution in [3.05, 3.63) is 12.7 Å². The summed E-state index contributed by atoms with van der Waals surface area (Å²) in [7, 11) is 0. The van der Waals surface area contributed by atoms with Crippen LogP contribution in [0.4, 0.5) is 0 Å². The quantitative estimate of drug-likeness (QED) is 0.468. The lowest BCUT2D eigenvalue weighted by Crippen LogP contribution is -2.42. The van der Waals surface area contributed by atoms with Gasteiger partial charge < -0.3 is 15.2 Å². The predicted molar refractivity (Wildman–Crippen MR) is 51.0 cm³/mol. The van der Waals surface area contributed by atoms with Gasteiger partial charge in [0, 0.05) is 0 Å². The second kappa shape index (κ2) is 6.58. The van der Waals surface area contributed by atoms with Gasteiger partial charge in [0.1, 0.15) is 6.04 Å². The van der Waals surface area contributed by atoms with Crippen molar-refractivity contribution >= 4 is 17.8 Å². The van der Waals surface area contributed by atoms with Crippen molar-refractivity contribution in [1.82, 2.24) is 5.32 Å². The lowest BCUT2D eigenvalue weighted by molar-refractivity contribution is -0.151. The normalized spacial score (nSPS) is 11.3. The molecule has 0 heterocycles. The zero-order valence-corrected chi connectivity index (χ0v) is 8.36. The van der Waals surface area contributed by atoms with Crippen LogP contribution in [-0.2, 0) is 19.1 Å². The molecule has 0 spiro atoms. The van der Waals surface area contributed by atoms with Gasteiger partial charge in [0.05, 0.1) is 13.0 Å². The lowest BCUT2D eigenvalue weighted by Gasteiger charge is -2.13. The molecule has 0 aromatic carbocycles. The smallest absolute Gasteiger partial charge is 0.329 e. The van der Waals surface area contributed by atoms with E-state index in [2.05, 4.69) is 16.6 Å². The van der Waals surface area contributed by atoms with Gasteiger partial charge >= 0.3 is 11.9 Å². The van der Waals surface area contributed by atoms with Crippen LogP contribution in [0.3, 0.4) is 0 Å². The third-order valence-electron chi connectivity index (χ3n) is 1.45. The molecule has 0 fully saturated rings. The molecular weight excluding hydrogens is 202 g/mol. The summed E-state index contributed by atoms with van der Waals surface area (Å²) in [5.74, 6) is -2.58. The summed E-state index contributed by atoms with van der Waals surface area (Å²) in [6.45, 7) is 4.90. The van der Waals surface area contributed by atoms with E-state index in [9.17, 15) is 14.4 Å². The van der Waals surface area contributed by atoms with Crippen molar-refractivity contribution in [1.29, 1.82) is 0 Å². The first-order valence-corrected chi connectivity index (χ1v) is 4.32. The number of aliphatic carboxylic acids is 1. The Kier molecular flexibility index (Phi) is 5.77. The molecule has 6 nitrogen and oxygen atoms in total. The average molecular weight is 215 g/mol. The van der Waals surface area contributed by atoms with E-state index in [-0.39, 0.29) is 6.61 Å². The Morgan fingerprint density at radius 1 is 1.53 bits per heavy atom. The first-order chi connectivity index (χ1) is 7.01.